The minimum Gasteiger partial charge on any atom is -0.294 e. The van der Waals surface area contributed by atoms with Crippen LogP contribution in [0.4, 0.5) is 0 Å². The van der Waals surface area contributed by atoms with Crippen LogP contribution < -0.4 is 0 Å². The summed E-state index contributed by atoms with van der Waals surface area (Å²) in [7, 11) is 0. The summed E-state index contributed by atoms with van der Waals surface area (Å²) < 4.78 is 1.08. The molecule has 1 atom stereocenters. The van der Waals surface area contributed by atoms with Gasteiger partial charge in [0.15, 0.2) is 5.78 Å². The van der Waals surface area contributed by atoms with Gasteiger partial charge in [0.1, 0.15) is 0 Å². The third-order valence-electron chi connectivity index (χ3n) is 3.50. The van der Waals surface area contributed by atoms with E-state index in [-0.39, 0.29) is 11.7 Å². The molecular weight excluding hydrogens is 288 g/mol. The molecular formula is C16H13BrO. The lowest BCUT2D eigenvalue weighted by Crippen LogP contribution is -2.14. The zero-order chi connectivity index (χ0) is 12.5. The molecule has 0 radical (unpaired) electrons. The lowest BCUT2D eigenvalue weighted by Gasteiger charge is -2.21. The molecule has 18 heavy (non-hydrogen) atoms. The average molecular weight is 301 g/mol. The molecule has 2 heteroatoms. The summed E-state index contributed by atoms with van der Waals surface area (Å²) in [6.07, 6.45) is 9.89. The highest BCUT2D eigenvalue weighted by atomic mass is 79.9. The number of fused-ring (bicyclic) bond motifs is 2. The van der Waals surface area contributed by atoms with Gasteiger partial charge in [0, 0.05) is 22.4 Å². The van der Waals surface area contributed by atoms with Crippen LogP contribution in [0, 0.1) is 5.92 Å². The van der Waals surface area contributed by atoms with Gasteiger partial charge in [-0.15, -0.1) is 0 Å². The maximum atomic E-state index is 12.3. The maximum Gasteiger partial charge on any atom is 0.164 e. The molecule has 2 aliphatic rings. The first kappa shape index (κ1) is 11.7. The van der Waals surface area contributed by atoms with Gasteiger partial charge in [-0.25, -0.2) is 0 Å². The van der Waals surface area contributed by atoms with Crippen molar-refractivity contribution in [3.63, 3.8) is 0 Å². The first-order valence-corrected chi connectivity index (χ1v) is 6.90. The Morgan fingerprint density at radius 1 is 1.22 bits per heavy atom. The Morgan fingerprint density at radius 2 is 2.06 bits per heavy atom. The number of allylic oxidation sites excluding steroid dienone is 6. The quantitative estimate of drug-likeness (QED) is 0.701. The highest BCUT2D eigenvalue weighted by Gasteiger charge is 2.21. The monoisotopic (exact) mass is 300 g/mol. The molecule has 0 aliphatic heterocycles. The number of carbonyl (C=O) groups excluding carboxylic acids is 1. The molecule has 0 aromatic heterocycles. The topological polar surface area (TPSA) is 17.1 Å². The van der Waals surface area contributed by atoms with Gasteiger partial charge in [-0.2, -0.15) is 0 Å². The molecule has 0 fully saturated rings. The van der Waals surface area contributed by atoms with Crippen molar-refractivity contribution in [2.24, 2.45) is 5.92 Å². The Kier molecular flexibility index (Phi) is 3.04. The molecule has 2 aliphatic carbocycles. The van der Waals surface area contributed by atoms with E-state index in [0.29, 0.717) is 6.42 Å². The molecule has 3 rings (SSSR count). The van der Waals surface area contributed by atoms with E-state index in [1.165, 1.54) is 5.57 Å². The summed E-state index contributed by atoms with van der Waals surface area (Å²) in [4.78, 5) is 12.3. The van der Waals surface area contributed by atoms with Crippen LogP contribution >= 0.6 is 15.9 Å². The van der Waals surface area contributed by atoms with Gasteiger partial charge in [0.2, 0.25) is 0 Å². The molecule has 0 spiro atoms. The Balaban J connectivity index is 2.05. The lowest BCUT2D eigenvalue weighted by atomic mass is 9.84. The van der Waals surface area contributed by atoms with Gasteiger partial charge >= 0.3 is 0 Å². The SMILES string of the molecule is O=C1CC2C=CC(Br)=C/C2=C/Cc2ccccc21. The number of hydrogen-bond acceptors (Lipinski definition) is 1. The number of halogens is 1. The van der Waals surface area contributed by atoms with Crippen molar-refractivity contribution in [3.8, 4) is 0 Å². The lowest BCUT2D eigenvalue weighted by molar-refractivity contribution is 0.0972. The Labute approximate surface area is 115 Å². The van der Waals surface area contributed by atoms with E-state index < -0.39 is 0 Å². The standard InChI is InChI=1S/C16H13BrO/c17-14-8-7-13-10-16(18)15-4-2-1-3-11(15)5-6-12(13)9-14/h1-4,6-9,13H,5,10H2/b12-6-. The maximum absolute atomic E-state index is 12.3. The van der Waals surface area contributed by atoms with Gasteiger partial charge in [0.05, 0.1) is 0 Å². The number of Topliss-reactive ketones (excluding diaryl/α,β-unsaturated/α-hetero) is 1. The smallest absolute Gasteiger partial charge is 0.164 e. The molecule has 1 aromatic rings. The molecule has 0 bridgehead atoms. The normalized spacial score (nSPS) is 25.2. The van der Waals surface area contributed by atoms with E-state index in [0.717, 1.165) is 22.0 Å². The van der Waals surface area contributed by atoms with Gasteiger partial charge in [0.25, 0.3) is 0 Å². The molecule has 90 valence electrons. The third-order valence-corrected chi connectivity index (χ3v) is 3.99. The summed E-state index contributed by atoms with van der Waals surface area (Å²) in [6, 6.07) is 7.92. The fourth-order valence-corrected chi connectivity index (χ4v) is 2.95. The van der Waals surface area contributed by atoms with Crippen molar-refractivity contribution in [2.75, 3.05) is 0 Å². The molecule has 0 N–H and O–H groups in total. The second-order valence-corrected chi connectivity index (χ2v) is 5.60. The number of benzene rings is 1. The van der Waals surface area contributed by atoms with Crippen molar-refractivity contribution in [3.05, 3.63) is 69.8 Å². The van der Waals surface area contributed by atoms with E-state index in [1.807, 2.05) is 30.3 Å². The molecule has 0 amide bonds. The van der Waals surface area contributed by atoms with Crippen LogP contribution in [0.1, 0.15) is 22.3 Å². The molecule has 1 unspecified atom stereocenters. The largest absolute Gasteiger partial charge is 0.294 e. The number of carbonyl (C=O) groups is 1. The third kappa shape index (κ3) is 2.13. The first-order valence-electron chi connectivity index (χ1n) is 6.10. The molecule has 0 saturated carbocycles. The Bertz CT molecular complexity index is 593. The molecule has 0 saturated heterocycles. The number of hydrogen-bond donors (Lipinski definition) is 0. The predicted octanol–water partition coefficient (Wildman–Crippen LogP) is 4.21. The summed E-state index contributed by atoms with van der Waals surface area (Å²) >= 11 is 3.49. The summed E-state index contributed by atoms with van der Waals surface area (Å²) in [5, 5.41) is 0. The van der Waals surface area contributed by atoms with Gasteiger partial charge in [-0.05, 0) is 23.6 Å². The zero-order valence-electron chi connectivity index (χ0n) is 9.90. The Morgan fingerprint density at radius 3 is 2.94 bits per heavy atom. The van der Waals surface area contributed by atoms with E-state index in [2.05, 4.69) is 34.2 Å². The van der Waals surface area contributed by atoms with Gasteiger partial charge < -0.3 is 0 Å². The van der Waals surface area contributed by atoms with Crippen LogP contribution in [0.15, 0.2) is 58.6 Å². The van der Waals surface area contributed by atoms with Crippen molar-refractivity contribution in [1.82, 2.24) is 0 Å². The zero-order valence-corrected chi connectivity index (χ0v) is 11.5. The van der Waals surface area contributed by atoms with E-state index in [1.54, 1.807) is 0 Å². The molecule has 1 aromatic carbocycles. The van der Waals surface area contributed by atoms with Crippen LogP contribution in [-0.2, 0) is 6.42 Å². The number of rotatable bonds is 0. The van der Waals surface area contributed by atoms with Crippen LogP contribution in [0.25, 0.3) is 0 Å². The fraction of sp³-hybridized carbons (Fsp3) is 0.188. The highest BCUT2D eigenvalue weighted by Crippen LogP contribution is 2.31. The van der Waals surface area contributed by atoms with Crippen LogP contribution in [0.3, 0.4) is 0 Å². The summed E-state index contributed by atoms with van der Waals surface area (Å²) in [6.45, 7) is 0. The van der Waals surface area contributed by atoms with E-state index in [4.69, 9.17) is 0 Å². The second-order valence-electron chi connectivity index (χ2n) is 4.69. The number of ketones is 1. The van der Waals surface area contributed by atoms with Crippen molar-refractivity contribution in [2.45, 2.75) is 12.8 Å². The fourth-order valence-electron chi connectivity index (χ4n) is 2.54. The van der Waals surface area contributed by atoms with E-state index in [9.17, 15) is 4.79 Å². The molecule has 0 heterocycles. The summed E-state index contributed by atoms with van der Waals surface area (Å²) in [5.74, 6) is 0.476. The second kappa shape index (κ2) is 4.69. The predicted molar refractivity (Wildman–Crippen MR) is 76.8 cm³/mol. The van der Waals surface area contributed by atoms with E-state index >= 15 is 0 Å². The van der Waals surface area contributed by atoms with Gasteiger partial charge in [-0.1, -0.05) is 58.4 Å². The summed E-state index contributed by atoms with van der Waals surface area (Å²) in [5.41, 5.74) is 3.26. The van der Waals surface area contributed by atoms with Gasteiger partial charge in [-0.3, -0.25) is 4.79 Å². The highest BCUT2D eigenvalue weighted by molar-refractivity contribution is 9.11. The van der Waals surface area contributed by atoms with Crippen molar-refractivity contribution >= 4 is 21.7 Å². The van der Waals surface area contributed by atoms with Crippen LogP contribution in [0.5, 0.6) is 0 Å². The van der Waals surface area contributed by atoms with Crippen LogP contribution in [-0.4, -0.2) is 5.78 Å². The minimum absolute atomic E-state index is 0.229. The van der Waals surface area contributed by atoms with Crippen molar-refractivity contribution in [1.29, 1.82) is 0 Å². The Hall–Kier alpha value is -1.41. The van der Waals surface area contributed by atoms with Crippen molar-refractivity contribution < 1.29 is 4.79 Å². The minimum atomic E-state index is 0.229. The average Bonchev–Trinajstić information content (AvgIpc) is 2.37. The molecule has 1 nitrogen and oxygen atoms in total. The first-order chi connectivity index (χ1) is 8.74. The van der Waals surface area contributed by atoms with Crippen LogP contribution in [0.2, 0.25) is 0 Å².